The topological polar surface area (TPSA) is 72.6 Å². The summed E-state index contributed by atoms with van der Waals surface area (Å²) >= 11 is 3.28. The minimum Gasteiger partial charge on any atom is -0.452 e. The van der Waals surface area contributed by atoms with Crippen molar-refractivity contribution in [2.75, 3.05) is 25.4 Å². The number of carbonyl (C=O) groups excluding carboxylic acids is 2. The number of amides is 1. The summed E-state index contributed by atoms with van der Waals surface area (Å²) in [5.41, 5.74) is 6.35. The van der Waals surface area contributed by atoms with Gasteiger partial charge in [0.05, 0.1) is 5.56 Å². The average molecular weight is 355 g/mol. The van der Waals surface area contributed by atoms with Crippen LogP contribution in [0.15, 0.2) is 22.7 Å². The molecule has 1 fully saturated rings. The van der Waals surface area contributed by atoms with Gasteiger partial charge in [-0.1, -0.05) is 28.8 Å². The van der Waals surface area contributed by atoms with Crippen molar-refractivity contribution in [2.24, 2.45) is 0 Å². The van der Waals surface area contributed by atoms with Crippen LogP contribution in [0.3, 0.4) is 0 Å². The molecule has 0 aromatic heterocycles. The van der Waals surface area contributed by atoms with Crippen LogP contribution in [-0.2, 0) is 9.53 Å². The molecule has 2 rings (SSSR count). The molecule has 0 atom stereocenters. The van der Waals surface area contributed by atoms with E-state index in [1.807, 2.05) is 0 Å². The second-order valence-corrected chi connectivity index (χ2v) is 6.02. The van der Waals surface area contributed by atoms with Crippen LogP contribution in [0.1, 0.15) is 36.0 Å². The van der Waals surface area contributed by atoms with E-state index in [9.17, 15) is 9.59 Å². The van der Waals surface area contributed by atoms with Crippen LogP contribution in [-0.4, -0.2) is 36.5 Å². The Morgan fingerprint density at radius 2 is 1.86 bits per heavy atom. The van der Waals surface area contributed by atoms with Crippen molar-refractivity contribution in [1.29, 1.82) is 0 Å². The van der Waals surface area contributed by atoms with Gasteiger partial charge in [-0.2, -0.15) is 0 Å². The Bertz CT molecular complexity index is 526. The molecule has 1 amide bonds. The fourth-order valence-electron chi connectivity index (χ4n) is 2.32. The predicted molar refractivity (Wildman–Crippen MR) is 83.9 cm³/mol. The summed E-state index contributed by atoms with van der Waals surface area (Å²) in [5.74, 6) is -0.712. The van der Waals surface area contributed by atoms with Crippen LogP contribution >= 0.6 is 15.9 Å². The zero-order chi connectivity index (χ0) is 15.2. The number of hydrogen-bond donors (Lipinski definition) is 1. The molecule has 114 valence electrons. The highest BCUT2D eigenvalue weighted by Crippen LogP contribution is 2.19. The third-order valence-corrected chi connectivity index (χ3v) is 4.01. The van der Waals surface area contributed by atoms with E-state index in [0.29, 0.717) is 5.69 Å². The zero-order valence-electron chi connectivity index (χ0n) is 11.8. The molecule has 1 saturated heterocycles. The van der Waals surface area contributed by atoms with Gasteiger partial charge in [-0.05, 0) is 31.0 Å². The second-order valence-electron chi connectivity index (χ2n) is 5.10. The Kier molecular flexibility index (Phi) is 5.61. The van der Waals surface area contributed by atoms with Gasteiger partial charge in [0.2, 0.25) is 0 Å². The van der Waals surface area contributed by atoms with Crippen LogP contribution in [0.2, 0.25) is 0 Å². The lowest BCUT2D eigenvalue weighted by Gasteiger charge is -2.20. The first kappa shape index (κ1) is 15.8. The van der Waals surface area contributed by atoms with Crippen LogP contribution in [0.4, 0.5) is 5.69 Å². The van der Waals surface area contributed by atoms with Crippen molar-refractivity contribution in [3.63, 3.8) is 0 Å². The summed E-state index contributed by atoms with van der Waals surface area (Å²) in [7, 11) is 0. The molecule has 1 heterocycles. The lowest BCUT2D eigenvalue weighted by molar-refractivity contribution is -0.134. The van der Waals surface area contributed by atoms with Gasteiger partial charge < -0.3 is 15.4 Å². The van der Waals surface area contributed by atoms with E-state index in [1.54, 1.807) is 23.1 Å². The summed E-state index contributed by atoms with van der Waals surface area (Å²) in [6.45, 7) is 1.26. The molecule has 1 aromatic rings. The van der Waals surface area contributed by atoms with Crippen LogP contribution in [0.5, 0.6) is 0 Å². The Balaban J connectivity index is 1.91. The molecule has 1 aliphatic rings. The fraction of sp³-hybridized carbons (Fsp3) is 0.467. The Morgan fingerprint density at radius 3 is 2.52 bits per heavy atom. The van der Waals surface area contributed by atoms with Crippen molar-refractivity contribution in [3.8, 4) is 0 Å². The molecular formula is C15H19BrN2O3. The molecule has 6 heteroatoms. The van der Waals surface area contributed by atoms with Crippen molar-refractivity contribution < 1.29 is 14.3 Å². The number of nitrogen functional groups attached to an aromatic ring is 1. The lowest BCUT2D eigenvalue weighted by atomic mass is 10.2. The van der Waals surface area contributed by atoms with Crippen LogP contribution in [0, 0.1) is 0 Å². The number of nitrogens with zero attached hydrogens (tertiary/aromatic N) is 1. The highest BCUT2D eigenvalue weighted by Gasteiger charge is 2.18. The smallest absolute Gasteiger partial charge is 0.340 e. The number of hydrogen-bond acceptors (Lipinski definition) is 4. The molecule has 21 heavy (non-hydrogen) atoms. The normalized spacial score (nSPS) is 15.4. The number of carbonyl (C=O) groups is 2. The predicted octanol–water partition coefficient (Wildman–Crippen LogP) is 2.59. The number of benzene rings is 1. The molecular weight excluding hydrogens is 336 g/mol. The third kappa shape index (κ3) is 4.46. The van der Waals surface area contributed by atoms with Crippen LogP contribution < -0.4 is 5.73 Å². The number of rotatable bonds is 3. The molecule has 0 aliphatic carbocycles. The molecule has 2 N–H and O–H groups in total. The summed E-state index contributed by atoms with van der Waals surface area (Å²) in [6, 6.07) is 4.96. The third-order valence-electron chi connectivity index (χ3n) is 3.52. The number of nitrogens with two attached hydrogens (primary N) is 1. The van der Waals surface area contributed by atoms with E-state index in [-0.39, 0.29) is 18.1 Å². The quantitative estimate of drug-likeness (QED) is 0.668. The van der Waals surface area contributed by atoms with Gasteiger partial charge in [-0.25, -0.2) is 4.79 Å². The van der Waals surface area contributed by atoms with E-state index in [0.717, 1.165) is 43.2 Å². The number of esters is 1. The Hall–Kier alpha value is -1.56. The minimum absolute atomic E-state index is 0.140. The SMILES string of the molecule is Nc1ccc(Br)cc1C(=O)OCC(=O)N1CCCCCC1. The number of anilines is 1. The first-order chi connectivity index (χ1) is 10.1. The Labute approximate surface area is 132 Å². The molecule has 5 nitrogen and oxygen atoms in total. The lowest BCUT2D eigenvalue weighted by Crippen LogP contribution is -2.35. The largest absolute Gasteiger partial charge is 0.452 e. The van der Waals surface area contributed by atoms with Gasteiger partial charge in [-0.15, -0.1) is 0 Å². The maximum Gasteiger partial charge on any atom is 0.340 e. The van der Waals surface area contributed by atoms with Crippen molar-refractivity contribution in [2.45, 2.75) is 25.7 Å². The molecule has 1 aromatic carbocycles. The molecule has 0 spiro atoms. The molecule has 0 radical (unpaired) electrons. The maximum absolute atomic E-state index is 12.0. The molecule has 1 aliphatic heterocycles. The highest BCUT2D eigenvalue weighted by molar-refractivity contribution is 9.10. The number of ether oxygens (including phenoxy) is 1. The first-order valence-corrected chi connectivity index (χ1v) is 7.87. The minimum atomic E-state index is -0.572. The van der Waals surface area contributed by atoms with Gasteiger partial charge in [0, 0.05) is 23.2 Å². The Morgan fingerprint density at radius 1 is 1.19 bits per heavy atom. The summed E-state index contributed by atoms with van der Waals surface area (Å²) in [5, 5.41) is 0. The number of halogens is 1. The summed E-state index contributed by atoms with van der Waals surface area (Å²) < 4.78 is 5.83. The van der Waals surface area contributed by atoms with Crippen LogP contribution in [0.25, 0.3) is 0 Å². The van der Waals surface area contributed by atoms with E-state index < -0.39 is 5.97 Å². The van der Waals surface area contributed by atoms with E-state index in [1.165, 1.54) is 0 Å². The van der Waals surface area contributed by atoms with Crippen molar-refractivity contribution in [3.05, 3.63) is 28.2 Å². The summed E-state index contributed by atoms with van der Waals surface area (Å²) in [6.07, 6.45) is 4.33. The number of likely N-dealkylation sites (tertiary alicyclic amines) is 1. The second kappa shape index (κ2) is 7.45. The van der Waals surface area contributed by atoms with Gasteiger partial charge >= 0.3 is 5.97 Å². The highest BCUT2D eigenvalue weighted by atomic mass is 79.9. The molecule has 0 unspecified atom stereocenters. The van der Waals surface area contributed by atoms with E-state index >= 15 is 0 Å². The fourth-order valence-corrected chi connectivity index (χ4v) is 2.68. The average Bonchev–Trinajstić information content (AvgIpc) is 2.76. The van der Waals surface area contributed by atoms with E-state index in [2.05, 4.69) is 15.9 Å². The van der Waals surface area contributed by atoms with Gasteiger partial charge in [0.1, 0.15) is 0 Å². The van der Waals surface area contributed by atoms with Gasteiger partial charge in [0.25, 0.3) is 5.91 Å². The molecule has 0 bridgehead atoms. The zero-order valence-corrected chi connectivity index (χ0v) is 13.4. The maximum atomic E-state index is 12.0. The van der Waals surface area contributed by atoms with Crippen molar-refractivity contribution in [1.82, 2.24) is 4.90 Å². The van der Waals surface area contributed by atoms with Crippen molar-refractivity contribution >= 4 is 33.5 Å². The standard InChI is InChI=1S/C15H19BrN2O3/c16-11-5-6-13(17)12(9-11)15(20)21-10-14(19)18-7-3-1-2-4-8-18/h5-6,9H,1-4,7-8,10,17H2. The summed E-state index contributed by atoms with van der Waals surface area (Å²) in [4.78, 5) is 25.8. The van der Waals surface area contributed by atoms with E-state index in [4.69, 9.17) is 10.5 Å². The first-order valence-electron chi connectivity index (χ1n) is 7.08. The van der Waals surface area contributed by atoms with Gasteiger partial charge in [0.15, 0.2) is 6.61 Å². The molecule has 0 saturated carbocycles. The van der Waals surface area contributed by atoms with Gasteiger partial charge in [-0.3, -0.25) is 4.79 Å². The monoisotopic (exact) mass is 354 g/mol.